The van der Waals surface area contributed by atoms with Gasteiger partial charge >= 0.3 is 6.18 Å². The zero-order chi connectivity index (χ0) is 22.3. The summed E-state index contributed by atoms with van der Waals surface area (Å²) in [6.45, 7) is 3.66. The molecule has 0 spiro atoms. The summed E-state index contributed by atoms with van der Waals surface area (Å²) < 4.78 is 38.2. The lowest BCUT2D eigenvalue weighted by atomic mass is 10.0. The van der Waals surface area contributed by atoms with E-state index in [1.54, 1.807) is 0 Å². The van der Waals surface area contributed by atoms with Crippen LogP contribution in [0.15, 0.2) is 41.4 Å². The number of aliphatic imine (C=N–C) groups is 1. The van der Waals surface area contributed by atoms with Crippen LogP contribution in [0.1, 0.15) is 36.0 Å². The Morgan fingerprint density at radius 2 is 1.84 bits per heavy atom. The molecule has 0 saturated heterocycles. The van der Waals surface area contributed by atoms with Crippen LogP contribution in [0.4, 0.5) is 30.2 Å². The Balaban J connectivity index is 1.59. The Morgan fingerprint density at radius 3 is 2.52 bits per heavy atom. The van der Waals surface area contributed by atoms with E-state index in [9.17, 15) is 22.8 Å². The third-order valence-electron chi connectivity index (χ3n) is 5.84. The van der Waals surface area contributed by atoms with E-state index in [1.165, 1.54) is 17.0 Å². The molecule has 0 unspecified atom stereocenters. The lowest BCUT2D eigenvalue weighted by Gasteiger charge is -2.25. The fourth-order valence-electron chi connectivity index (χ4n) is 4.03. The summed E-state index contributed by atoms with van der Waals surface area (Å²) in [7, 11) is 0. The number of benzene rings is 2. The van der Waals surface area contributed by atoms with Gasteiger partial charge in [0.2, 0.25) is 11.8 Å². The zero-order valence-corrected chi connectivity index (χ0v) is 17.2. The van der Waals surface area contributed by atoms with Crippen molar-refractivity contribution in [3.05, 3.63) is 53.1 Å². The lowest BCUT2D eigenvalue weighted by Crippen LogP contribution is -2.42. The molecule has 2 aromatic rings. The maximum absolute atomic E-state index is 13.3. The van der Waals surface area contributed by atoms with Crippen molar-refractivity contribution in [1.82, 2.24) is 0 Å². The molecule has 4 rings (SSSR count). The van der Waals surface area contributed by atoms with Gasteiger partial charge in [0.15, 0.2) is 0 Å². The molecule has 1 aliphatic heterocycles. The van der Waals surface area contributed by atoms with Gasteiger partial charge in [-0.15, -0.1) is 0 Å². The van der Waals surface area contributed by atoms with Crippen LogP contribution in [-0.4, -0.2) is 24.1 Å². The number of hydrogen-bond donors (Lipinski definition) is 1. The van der Waals surface area contributed by atoms with Crippen LogP contribution in [0, 0.1) is 19.8 Å². The zero-order valence-electron chi connectivity index (χ0n) is 17.2. The van der Waals surface area contributed by atoms with Crippen LogP contribution in [0.5, 0.6) is 0 Å². The molecule has 1 heterocycles. The summed E-state index contributed by atoms with van der Waals surface area (Å²) in [5.74, 6) is -0.994. The number of alkyl halides is 3. The maximum Gasteiger partial charge on any atom is 0.416 e. The fraction of sp³-hybridized carbons (Fsp3) is 0.348. The van der Waals surface area contributed by atoms with E-state index in [1.807, 2.05) is 26.0 Å². The molecule has 0 radical (unpaired) electrons. The smallest absolute Gasteiger partial charge is 0.325 e. The predicted molar refractivity (Wildman–Crippen MR) is 113 cm³/mol. The van der Waals surface area contributed by atoms with E-state index in [-0.39, 0.29) is 24.1 Å². The highest BCUT2D eigenvalue weighted by molar-refractivity contribution is 6.16. The third kappa shape index (κ3) is 4.19. The van der Waals surface area contributed by atoms with E-state index >= 15 is 0 Å². The van der Waals surface area contributed by atoms with Gasteiger partial charge in [-0.25, -0.2) is 0 Å². The van der Waals surface area contributed by atoms with Crippen LogP contribution < -0.4 is 10.2 Å². The Labute approximate surface area is 178 Å². The Hall–Kier alpha value is -3.16. The fourth-order valence-corrected chi connectivity index (χ4v) is 4.03. The molecule has 31 heavy (non-hydrogen) atoms. The molecule has 0 aromatic heterocycles. The minimum Gasteiger partial charge on any atom is -0.325 e. The number of anilines is 2. The number of nitrogens with one attached hydrogen (secondary N) is 1. The van der Waals surface area contributed by atoms with Gasteiger partial charge in [-0.1, -0.05) is 0 Å². The molecular formula is C23H22F3N3O2. The van der Waals surface area contributed by atoms with Crippen molar-refractivity contribution in [2.75, 3.05) is 16.8 Å². The van der Waals surface area contributed by atoms with Gasteiger partial charge in [0.05, 0.1) is 22.9 Å². The van der Waals surface area contributed by atoms with Crippen LogP contribution in [0.3, 0.4) is 0 Å². The van der Waals surface area contributed by atoms with Gasteiger partial charge in [0.1, 0.15) is 6.54 Å². The van der Waals surface area contributed by atoms with Gasteiger partial charge in [-0.3, -0.25) is 14.6 Å². The van der Waals surface area contributed by atoms with Crippen molar-refractivity contribution in [1.29, 1.82) is 0 Å². The first-order chi connectivity index (χ1) is 14.6. The standard InChI is InChI=1S/C23H22F3N3O2/c1-13-10-19-20(11-14(13)2)29(22(31)17-4-3-5-18(17)28-19)12-21(30)27-16-8-6-15(7-9-16)23(24,25)26/h6-11,17H,3-5,12H2,1-2H3,(H,27,30)/t17-/m1/s1. The number of nitrogens with zero attached hydrogens (tertiary/aromatic N) is 2. The van der Waals surface area contributed by atoms with Crippen molar-refractivity contribution in [2.24, 2.45) is 10.9 Å². The van der Waals surface area contributed by atoms with E-state index in [0.29, 0.717) is 17.8 Å². The average molecular weight is 429 g/mol. The Kier molecular flexibility index (Phi) is 5.33. The molecule has 1 aliphatic carbocycles. The lowest BCUT2D eigenvalue weighted by molar-refractivity contribution is -0.137. The number of carbonyl (C=O) groups excluding carboxylic acids is 2. The van der Waals surface area contributed by atoms with Crippen molar-refractivity contribution < 1.29 is 22.8 Å². The van der Waals surface area contributed by atoms with Crippen LogP contribution >= 0.6 is 0 Å². The second kappa shape index (κ2) is 7.83. The van der Waals surface area contributed by atoms with Crippen molar-refractivity contribution >= 4 is 34.6 Å². The topological polar surface area (TPSA) is 61.8 Å². The Bertz CT molecular complexity index is 1070. The normalized spacial score (nSPS) is 18.2. The summed E-state index contributed by atoms with van der Waals surface area (Å²) in [6, 6.07) is 8.00. The first kappa shape index (κ1) is 21.1. The summed E-state index contributed by atoms with van der Waals surface area (Å²) in [5, 5.41) is 2.59. The maximum atomic E-state index is 13.3. The van der Waals surface area contributed by atoms with Crippen molar-refractivity contribution in [2.45, 2.75) is 39.3 Å². The first-order valence-electron chi connectivity index (χ1n) is 10.1. The molecular weight excluding hydrogens is 407 g/mol. The summed E-state index contributed by atoms with van der Waals surface area (Å²) >= 11 is 0. The van der Waals surface area contributed by atoms with E-state index < -0.39 is 17.6 Å². The van der Waals surface area contributed by atoms with Crippen LogP contribution in [0.2, 0.25) is 0 Å². The molecule has 2 amide bonds. The molecule has 1 saturated carbocycles. The van der Waals surface area contributed by atoms with Gasteiger partial charge in [-0.2, -0.15) is 13.2 Å². The number of aryl methyl sites for hydroxylation is 2. The van der Waals surface area contributed by atoms with Crippen molar-refractivity contribution in [3.8, 4) is 0 Å². The summed E-state index contributed by atoms with van der Waals surface area (Å²) in [4.78, 5) is 32.2. The van der Waals surface area contributed by atoms with Gasteiger partial charge < -0.3 is 10.2 Å². The van der Waals surface area contributed by atoms with Crippen molar-refractivity contribution in [3.63, 3.8) is 0 Å². The quantitative estimate of drug-likeness (QED) is 0.731. The monoisotopic (exact) mass is 429 g/mol. The highest BCUT2D eigenvalue weighted by Gasteiger charge is 2.37. The molecule has 2 aromatic carbocycles. The highest BCUT2D eigenvalue weighted by Crippen LogP contribution is 2.39. The second-order valence-corrected chi connectivity index (χ2v) is 8.02. The van der Waals surface area contributed by atoms with Gasteiger partial charge in [-0.05, 0) is 80.6 Å². The second-order valence-electron chi connectivity index (χ2n) is 8.02. The molecule has 1 fully saturated rings. The van der Waals surface area contributed by atoms with Crippen LogP contribution in [-0.2, 0) is 15.8 Å². The number of rotatable bonds is 3. The average Bonchev–Trinajstić information content (AvgIpc) is 3.13. The third-order valence-corrected chi connectivity index (χ3v) is 5.84. The van der Waals surface area contributed by atoms with Gasteiger partial charge in [0.25, 0.3) is 0 Å². The number of halogens is 3. The Morgan fingerprint density at radius 1 is 1.16 bits per heavy atom. The largest absolute Gasteiger partial charge is 0.416 e. The molecule has 1 N–H and O–H groups in total. The molecule has 2 aliphatic rings. The van der Waals surface area contributed by atoms with Gasteiger partial charge in [0, 0.05) is 11.4 Å². The number of amides is 2. The molecule has 162 valence electrons. The molecule has 1 atom stereocenters. The number of carbonyl (C=O) groups is 2. The minimum absolute atomic E-state index is 0.166. The van der Waals surface area contributed by atoms with E-state index in [2.05, 4.69) is 5.32 Å². The number of hydrogen-bond acceptors (Lipinski definition) is 3. The first-order valence-corrected chi connectivity index (χ1v) is 10.1. The van der Waals surface area contributed by atoms with E-state index in [4.69, 9.17) is 4.99 Å². The highest BCUT2D eigenvalue weighted by atomic mass is 19.4. The summed E-state index contributed by atoms with van der Waals surface area (Å²) in [6.07, 6.45) is -2.12. The van der Waals surface area contributed by atoms with Crippen LogP contribution in [0.25, 0.3) is 0 Å². The molecule has 8 heteroatoms. The minimum atomic E-state index is -4.44. The molecule has 0 bridgehead atoms. The summed E-state index contributed by atoms with van der Waals surface area (Å²) in [5.41, 5.74) is 3.56. The van der Waals surface area contributed by atoms with E-state index in [0.717, 1.165) is 41.8 Å². The molecule has 5 nitrogen and oxygen atoms in total. The number of fused-ring (bicyclic) bond motifs is 2. The SMILES string of the molecule is Cc1cc2c(cc1C)N(CC(=O)Nc1ccc(C(F)(F)F)cc1)C(=O)[C@@H]1CCCC1=N2. The predicted octanol–water partition coefficient (Wildman–Crippen LogP) is 5.18.